The first-order valence-corrected chi connectivity index (χ1v) is 6.67. The zero-order valence-corrected chi connectivity index (χ0v) is 11.2. The summed E-state index contributed by atoms with van der Waals surface area (Å²) in [5, 5.41) is 6.94. The lowest BCUT2D eigenvalue weighted by molar-refractivity contribution is -0.155. The molecule has 0 spiro atoms. The normalized spacial score (nSPS) is 32.1. The lowest BCUT2D eigenvalue weighted by atomic mass is 9.40. The quantitative estimate of drug-likeness (QED) is 0.878. The van der Waals surface area contributed by atoms with Crippen molar-refractivity contribution in [3.05, 3.63) is 29.3 Å². The van der Waals surface area contributed by atoms with Gasteiger partial charge in [0.2, 0.25) is 5.91 Å². The van der Waals surface area contributed by atoms with E-state index >= 15 is 0 Å². The molecule has 0 atom stereocenters. The number of carbonyl (C=O) groups is 1. The molecule has 1 amide bonds. The van der Waals surface area contributed by atoms with Gasteiger partial charge in [-0.2, -0.15) is 0 Å². The van der Waals surface area contributed by atoms with Gasteiger partial charge in [0.05, 0.1) is 6.54 Å². The Hall–Kier alpha value is -1.22. The molecular weight excluding hydrogens is 248 g/mol. The van der Waals surface area contributed by atoms with E-state index < -0.39 is 0 Å². The molecule has 0 aromatic heterocycles. The Morgan fingerprint density at radius 2 is 1.89 bits per heavy atom. The molecule has 0 unspecified atom stereocenters. The van der Waals surface area contributed by atoms with Crippen molar-refractivity contribution >= 4 is 23.2 Å². The molecule has 3 aliphatic rings. The number of rotatable bonds is 4. The third-order valence-corrected chi connectivity index (χ3v) is 4.25. The number of nitrogens with one attached hydrogen (secondary N) is 2. The van der Waals surface area contributed by atoms with Gasteiger partial charge in [-0.15, -0.1) is 0 Å². The number of hydrogen-bond acceptors (Lipinski definition) is 2. The summed E-state index contributed by atoms with van der Waals surface area (Å²) in [6.07, 6.45) is 3.44. The molecule has 3 nitrogen and oxygen atoms in total. The molecule has 0 radical (unpaired) electrons. The van der Waals surface area contributed by atoms with E-state index in [-0.39, 0.29) is 11.4 Å². The molecule has 2 N–H and O–H groups in total. The van der Waals surface area contributed by atoms with Gasteiger partial charge < -0.3 is 10.6 Å². The lowest BCUT2D eigenvalue weighted by Crippen LogP contribution is -2.73. The topological polar surface area (TPSA) is 41.1 Å². The molecule has 0 aliphatic heterocycles. The molecule has 2 bridgehead atoms. The van der Waals surface area contributed by atoms with Gasteiger partial charge in [-0.3, -0.25) is 4.79 Å². The van der Waals surface area contributed by atoms with E-state index in [1.165, 1.54) is 0 Å². The molecule has 0 heterocycles. The molecule has 4 rings (SSSR count). The van der Waals surface area contributed by atoms with Gasteiger partial charge in [-0.1, -0.05) is 18.5 Å². The van der Waals surface area contributed by atoms with E-state index in [9.17, 15) is 4.79 Å². The van der Waals surface area contributed by atoms with Crippen molar-refractivity contribution in [1.82, 2.24) is 5.32 Å². The van der Waals surface area contributed by atoms with Gasteiger partial charge in [0.25, 0.3) is 0 Å². The van der Waals surface area contributed by atoms with Crippen LogP contribution in [0.5, 0.6) is 0 Å². The van der Waals surface area contributed by atoms with Crippen LogP contribution in [-0.4, -0.2) is 18.0 Å². The zero-order chi connectivity index (χ0) is 12.8. The van der Waals surface area contributed by atoms with Crippen LogP contribution in [0.1, 0.15) is 26.2 Å². The van der Waals surface area contributed by atoms with Gasteiger partial charge in [-0.05, 0) is 48.9 Å². The highest BCUT2D eigenvalue weighted by atomic mass is 35.5. The highest BCUT2D eigenvalue weighted by Gasteiger charge is 2.65. The lowest BCUT2D eigenvalue weighted by Gasteiger charge is -2.69. The Balaban J connectivity index is 1.46. The Bertz CT molecular complexity index is 463. The van der Waals surface area contributed by atoms with Gasteiger partial charge >= 0.3 is 0 Å². The van der Waals surface area contributed by atoms with Crippen molar-refractivity contribution in [1.29, 1.82) is 0 Å². The predicted molar refractivity (Wildman–Crippen MR) is 72.8 cm³/mol. The minimum Gasteiger partial charge on any atom is -0.376 e. The average Bonchev–Trinajstić information content (AvgIpc) is 2.25. The summed E-state index contributed by atoms with van der Waals surface area (Å²) in [6.45, 7) is 2.60. The fourth-order valence-corrected chi connectivity index (χ4v) is 3.64. The van der Waals surface area contributed by atoms with Crippen LogP contribution >= 0.6 is 11.6 Å². The average molecular weight is 265 g/mol. The fraction of sp³-hybridized carbons (Fsp3) is 0.500. The summed E-state index contributed by atoms with van der Waals surface area (Å²) in [5.41, 5.74) is 1.57. The standard InChI is InChI=1S/C14H17ClN2O/c1-13-7-14(8-13,9-13)17-12(18)6-16-11-4-2-10(15)3-5-11/h2-5,16H,6-9H2,1H3,(H,17,18). The minimum atomic E-state index is 0.0756. The summed E-state index contributed by atoms with van der Waals surface area (Å²) in [4.78, 5) is 11.8. The summed E-state index contributed by atoms with van der Waals surface area (Å²) in [7, 11) is 0. The molecule has 96 valence electrons. The highest BCUT2D eigenvalue weighted by Crippen LogP contribution is 2.66. The van der Waals surface area contributed by atoms with Gasteiger partial charge in [0.1, 0.15) is 0 Å². The monoisotopic (exact) mass is 264 g/mol. The van der Waals surface area contributed by atoms with Crippen molar-refractivity contribution in [3.63, 3.8) is 0 Å². The van der Waals surface area contributed by atoms with E-state index in [1.807, 2.05) is 24.3 Å². The van der Waals surface area contributed by atoms with Crippen molar-refractivity contribution < 1.29 is 4.79 Å². The van der Waals surface area contributed by atoms with Crippen LogP contribution in [0.4, 0.5) is 5.69 Å². The zero-order valence-electron chi connectivity index (χ0n) is 10.4. The van der Waals surface area contributed by atoms with E-state index in [1.54, 1.807) is 0 Å². The van der Waals surface area contributed by atoms with Crippen molar-refractivity contribution in [2.24, 2.45) is 5.41 Å². The minimum absolute atomic E-state index is 0.0756. The number of amides is 1. The van der Waals surface area contributed by atoms with Crippen molar-refractivity contribution in [2.75, 3.05) is 11.9 Å². The molecule has 3 saturated carbocycles. The van der Waals surface area contributed by atoms with Crippen LogP contribution in [0.15, 0.2) is 24.3 Å². The van der Waals surface area contributed by atoms with Crippen LogP contribution < -0.4 is 10.6 Å². The van der Waals surface area contributed by atoms with Crippen LogP contribution in [0, 0.1) is 5.41 Å². The number of halogens is 1. The Morgan fingerprint density at radius 1 is 1.28 bits per heavy atom. The summed E-state index contributed by atoms with van der Waals surface area (Å²) in [6, 6.07) is 7.36. The molecule has 0 saturated heterocycles. The third kappa shape index (κ3) is 2.07. The second kappa shape index (κ2) is 3.89. The number of anilines is 1. The van der Waals surface area contributed by atoms with Crippen molar-refractivity contribution in [2.45, 2.75) is 31.7 Å². The van der Waals surface area contributed by atoms with Crippen LogP contribution in [-0.2, 0) is 4.79 Å². The second-order valence-corrected chi connectivity index (χ2v) is 6.47. The summed E-state index contributed by atoms with van der Waals surface area (Å²) in [5.74, 6) is 0.0756. The van der Waals surface area contributed by atoms with Crippen LogP contribution in [0.25, 0.3) is 0 Å². The first kappa shape index (κ1) is 11.8. The van der Waals surface area contributed by atoms with Crippen LogP contribution in [0.3, 0.4) is 0 Å². The SMILES string of the molecule is CC12CC(NC(=O)CNc3ccc(Cl)cc3)(C1)C2. The van der Waals surface area contributed by atoms with Gasteiger partial charge in [0, 0.05) is 16.2 Å². The largest absolute Gasteiger partial charge is 0.376 e. The Morgan fingerprint density at radius 3 is 2.44 bits per heavy atom. The number of hydrogen-bond donors (Lipinski definition) is 2. The number of carbonyl (C=O) groups excluding carboxylic acids is 1. The molecule has 3 aliphatic carbocycles. The predicted octanol–water partition coefficient (Wildman–Crippen LogP) is 2.81. The maximum absolute atomic E-state index is 11.8. The van der Waals surface area contributed by atoms with E-state index in [0.29, 0.717) is 17.0 Å². The van der Waals surface area contributed by atoms with Crippen molar-refractivity contribution in [3.8, 4) is 0 Å². The Labute approximate surface area is 112 Å². The maximum Gasteiger partial charge on any atom is 0.239 e. The van der Waals surface area contributed by atoms with Gasteiger partial charge in [-0.25, -0.2) is 0 Å². The van der Waals surface area contributed by atoms with E-state index in [0.717, 1.165) is 24.9 Å². The fourth-order valence-electron chi connectivity index (χ4n) is 3.52. The molecule has 18 heavy (non-hydrogen) atoms. The molecule has 3 fully saturated rings. The van der Waals surface area contributed by atoms with Crippen LogP contribution in [0.2, 0.25) is 5.02 Å². The third-order valence-electron chi connectivity index (χ3n) is 4.00. The molecule has 4 heteroatoms. The first-order valence-electron chi connectivity index (χ1n) is 6.29. The molecule has 1 aromatic carbocycles. The first-order chi connectivity index (χ1) is 8.49. The van der Waals surface area contributed by atoms with E-state index in [4.69, 9.17) is 11.6 Å². The maximum atomic E-state index is 11.8. The number of benzene rings is 1. The smallest absolute Gasteiger partial charge is 0.239 e. The van der Waals surface area contributed by atoms with E-state index in [2.05, 4.69) is 17.6 Å². The second-order valence-electron chi connectivity index (χ2n) is 6.03. The summed E-state index contributed by atoms with van der Waals surface area (Å²) < 4.78 is 0. The highest BCUT2D eigenvalue weighted by molar-refractivity contribution is 6.30. The summed E-state index contributed by atoms with van der Waals surface area (Å²) >= 11 is 5.80. The molecular formula is C14H17ClN2O. The van der Waals surface area contributed by atoms with Gasteiger partial charge in [0.15, 0.2) is 0 Å². The Kier molecular flexibility index (Phi) is 2.56. The molecule has 1 aromatic rings.